The Morgan fingerprint density at radius 2 is 2.28 bits per heavy atom. The van der Waals surface area contributed by atoms with Gasteiger partial charge in [0.2, 0.25) is 5.89 Å². The van der Waals surface area contributed by atoms with Crippen molar-refractivity contribution in [3.63, 3.8) is 0 Å². The van der Waals surface area contributed by atoms with Crippen LogP contribution in [0.3, 0.4) is 0 Å². The van der Waals surface area contributed by atoms with Crippen LogP contribution >= 0.6 is 11.8 Å². The SMILES string of the molecule is CC(C)c1noc(CSCC2(CC(=O)O)CC2)n1. The molecule has 18 heavy (non-hydrogen) atoms. The maximum absolute atomic E-state index is 10.7. The summed E-state index contributed by atoms with van der Waals surface area (Å²) in [5.74, 6) is 2.47. The first-order valence-corrected chi connectivity index (χ1v) is 7.28. The lowest BCUT2D eigenvalue weighted by atomic mass is 10.1. The molecule has 0 saturated heterocycles. The molecule has 1 saturated carbocycles. The minimum absolute atomic E-state index is 0.0252. The standard InChI is InChI=1S/C12H18N2O3S/c1-8(2)11-13-9(17-14-11)6-18-7-12(3-4-12)5-10(15)16/h8H,3-7H2,1-2H3,(H,15,16). The molecule has 0 amide bonds. The van der Waals surface area contributed by atoms with Crippen molar-refractivity contribution in [3.8, 4) is 0 Å². The van der Waals surface area contributed by atoms with E-state index in [1.165, 1.54) is 0 Å². The molecule has 0 unspecified atom stereocenters. The topological polar surface area (TPSA) is 76.2 Å². The summed E-state index contributed by atoms with van der Waals surface area (Å²) >= 11 is 1.68. The van der Waals surface area contributed by atoms with Gasteiger partial charge in [-0.05, 0) is 24.0 Å². The van der Waals surface area contributed by atoms with Crippen molar-refractivity contribution in [1.29, 1.82) is 0 Å². The van der Waals surface area contributed by atoms with Crippen LogP contribution in [-0.4, -0.2) is 27.0 Å². The molecular formula is C12H18N2O3S. The Labute approximate surface area is 110 Å². The fourth-order valence-electron chi connectivity index (χ4n) is 1.79. The normalized spacial score (nSPS) is 17.1. The van der Waals surface area contributed by atoms with E-state index in [1.807, 2.05) is 13.8 Å². The number of carboxylic acid groups (broad SMARTS) is 1. The summed E-state index contributed by atoms with van der Waals surface area (Å²) in [5, 5.41) is 12.7. The third kappa shape index (κ3) is 3.48. The van der Waals surface area contributed by atoms with E-state index >= 15 is 0 Å². The van der Waals surface area contributed by atoms with Gasteiger partial charge in [0.1, 0.15) is 0 Å². The second-order valence-corrected chi connectivity index (χ2v) is 6.25. The van der Waals surface area contributed by atoms with Crippen LogP contribution in [0.25, 0.3) is 0 Å². The number of carboxylic acids is 1. The Kier molecular flexibility index (Phi) is 3.94. The van der Waals surface area contributed by atoms with E-state index in [1.54, 1.807) is 11.8 Å². The molecule has 1 heterocycles. The molecule has 0 bridgehead atoms. The van der Waals surface area contributed by atoms with Crippen molar-refractivity contribution < 1.29 is 14.4 Å². The molecule has 1 N–H and O–H groups in total. The quantitative estimate of drug-likeness (QED) is 0.821. The molecule has 0 spiro atoms. The number of aromatic nitrogens is 2. The predicted molar refractivity (Wildman–Crippen MR) is 68.5 cm³/mol. The summed E-state index contributed by atoms with van der Waals surface area (Å²) in [6.45, 7) is 4.04. The van der Waals surface area contributed by atoms with Gasteiger partial charge in [-0.15, -0.1) is 0 Å². The van der Waals surface area contributed by atoms with Gasteiger partial charge in [-0.25, -0.2) is 0 Å². The largest absolute Gasteiger partial charge is 0.481 e. The average Bonchev–Trinajstić information content (AvgIpc) is 2.86. The first kappa shape index (κ1) is 13.4. The monoisotopic (exact) mass is 270 g/mol. The van der Waals surface area contributed by atoms with Crippen molar-refractivity contribution in [3.05, 3.63) is 11.7 Å². The minimum Gasteiger partial charge on any atom is -0.481 e. The van der Waals surface area contributed by atoms with Crippen LogP contribution < -0.4 is 0 Å². The lowest BCUT2D eigenvalue weighted by Gasteiger charge is -2.10. The maximum Gasteiger partial charge on any atom is 0.303 e. The third-order valence-corrected chi connectivity index (χ3v) is 4.38. The van der Waals surface area contributed by atoms with Crippen LogP contribution in [0.4, 0.5) is 0 Å². The number of hydrogen-bond donors (Lipinski definition) is 1. The molecule has 0 aromatic carbocycles. The van der Waals surface area contributed by atoms with Gasteiger partial charge in [-0.2, -0.15) is 16.7 Å². The van der Waals surface area contributed by atoms with E-state index < -0.39 is 5.97 Å². The van der Waals surface area contributed by atoms with Gasteiger partial charge in [-0.1, -0.05) is 19.0 Å². The summed E-state index contributed by atoms with van der Waals surface area (Å²) in [6.07, 6.45) is 2.32. The summed E-state index contributed by atoms with van der Waals surface area (Å²) < 4.78 is 5.14. The van der Waals surface area contributed by atoms with Gasteiger partial charge in [-0.3, -0.25) is 4.79 Å². The third-order valence-electron chi connectivity index (χ3n) is 3.12. The number of hydrogen-bond acceptors (Lipinski definition) is 5. The zero-order valence-corrected chi connectivity index (χ0v) is 11.5. The van der Waals surface area contributed by atoms with Gasteiger partial charge < -0.3 is 9.63 Å². The molecule has 1 aromatic rings. The Balaban J connectivity index is 1.76. The molecule has 0 aliphatic heterocycles. The van der Waals surface area contributed by atoms with Crippen molar-refractivity contribution in [2.24, 2.45) is 5.41 Å². The van der Waals surface area contributed by atoms with E-state index in [9.17, 15) is 4.79 Å². The minimum atomic E-state index is -0.701. The fourth-order valence-corrected chi connectivity index (χ4v) is 3.00. The Morgan fingerprint density at radius 1 is 1.56 bits per heavy atom. The van der Waals surface area contributed by atoms with E-state index in [-0.39, 0.29) is 17.8 Å². The van der Waals surface area contributed by atoms with Gasteiger partial charge in [0.05, 0.1) is 12.2 Å². The summed E-state index contributed by atoms with van der Waals surface area (Å²) in [5.41, 5.74) is 0.0252. The Morgan fingerprint density at radius 3 is 2.78 bits per heavy atom. The lowest BCUT2D eigenvalue weighted by molar-refractivity contribution is -0.138. The average molecular weight is 270 g/mol. The van der Waals surface area contributed by atoms with Crippen molar-refractivity contribution >= 4 is 17.7 Å². The van der Waals surface area contributed by atoms with E-state index in [4.69, 9.17) is 9.63 Å². The molecule has 1 fully saturated rings. The van der Waals surface area contributed by atoms with Gasteiger partial charge >= 0.3 is 5.97 Å². The summed E-state index contributed by atoms with van der Waals surface area (Å²) in [7, 11) is 0. The lowest BCUT2D eigenvalue weighted by Crippen LogP contribution is -2.11. The maximum atomic E-state index is 10.7. The van der Waals surface area contributed by atoms with Crippen molar-refractivity contribution in [2.75, 3.05) is 5.75 Å². The van der Waals surface area contributed by atoms with Crippen molar-refractivity contribution in [2.45, 2.75) is 44.8 Å². The highest BCUT2D eigenvalue weighted by Crippen LogP contribution is 2.51. The molecule has 1 aliphatic carbocycles. The van der Waals surface area contributed by atoms with Crippen LogP contribution in [0.5, 0.6) is 0 Å². The molecule has 1 aliphatic rings. The second kappa shape index (κ2) is 5.30. The Hall–Kier alpha value is -1.04. The molecule has 0 radical (unpaired) electrons. The highest BCUT2D eigenvalue weighted by molar-refractivity contribution is 7.98. The zero-order chi connectivity index (χ0) is 13.2. The molecule has 0 atom stereocenters. The smallest absolute Gasteiger partial charge is 0.303 e. The number of aliphatic carboxylic acids is 1. The highest BCUT2D eigenvalue weighted by Gasteiger charge is 2.44. The van der Waals surface area contributed by atoms with Crippen LogP contribution in [0.2, 0.25) is 0 Å². The van der Waals surface area contributed by atoms with Crippen LogP contribution in [0.1, 0.15) is 50.7 Å². The summed E-state index contributed by atoms with van der Waals surface area (Å²) in [4.78, 5) is 15.0. The van der Waals surface area contributed by atoms with Crippen LogP contribution in [0, 0.1) is 5.41 Å². The van der Waals surface area contributed by atoms with E-state index in [0.717, 1.165) is 24.4 Å². The van der Waals surface area contributed by atoms with Crippen LogP contribution in [0.15, 0.2) is 4.52 Å². The molecular weight excluding hydrogens is 252 g/mol. The number of carbonyl (C=O) groups is 1. The molecule has 6 heteroatoms. The number of rotatable bonds is 7. The molecule has 1 aromatic heterocycles. The molecule has 5 nitrogen and oxygen atoms in total. The highest BCUT2D eigenvalue weighted by atomic mass is 32.2. The fraction of sp³-hybridized carbons (Fsp3) is 0.750. The first-order chi connectivity index (χ1) is 8.51. The van der Waals surface area contributed by atoms with E-state index in [2.05, 4.69) is 10.1 Å². The summed E-state index contributed by atoms with van der Waals surface area (Å²) in [6, 6.07) is 0. The molecule has 100 valence electrons. The first-order valence-electron chi connectivity index (χ1n) is 6.13. The number of nitrogens with zero attached hydrogens (tertiary/aromatic N) is 2. The van der Waals surface area contributed by atoms with Gasteiger partial charge in [0.15, 0.2) is 5.82 Å². The Bertz CT molecular complexity index is 427. The van der Waals surface area contributed by atoms with Crippen molar-refractivity contribution in [1.82, 2.24) is 10.1 Å². The number of thioether (sulfide) groups is 1. The predicted octanol–water partition coefficient (Wildman–Crippen LogP) is 2.68. The zero-order valence-electron chi connectivity index (χ0n) is 10.7. The van der Waals surface area contributed by atoms with Crippen LogP contribution in [-0.2, 0) is 10.5 Å². The second-order valence-electron chi connectivity index (χ2n) is 5.26. The molecule has 2 rings (SSSR count). The van der Waals surface area contributed by atoms with Gasteiger partial charge in [0.25, 0.3) is 0 Å². The van der Waals surface area contributed by atoms with E-state index in [0.29, 0.717) is 11.6 Å². The van der Waals surface area contributed by atoms with Gasteiger partial charge in [0, 0.05) is 5.92 Å².